The Kier molecular flexibility index (Phi) is 5.55. The van der Waals surface area contributed by atoms with Gasteiger partial charge in [-0.2, -0.15) is 0 Å². The normalized spacial score (nSPS) is 10.2. The predicted molar refractivity (Wildman–Crippen MR) is 60.5 cm³/mol. The lowest BCUT2D eigenvalue weighted by Gasteiger charge is -2.12. The first-order chi connectivity index (χ1) is 5.98. The molecule has 0 nitrogen and oxygen atoms in total. The lowest BCUT2D eigenvalue weighted by molar-refractivity contribution is 0.484. The molecule has 0 bridgehead atoms. The molecule has 0 saturated carbocycles. The highest BCUT2D eigenvalue weighted by atomic mass is 14.1. The van der Waals surface area contributed by atoms with E-state index in [1.54, 1.807) is 0 Å². The second kappa shape index (κ2) is 5.86. The lowest BCUT2D eigenvalue weighted by atomic mass is 9.91. The van der Waals surface area contributed by atoms with Gasteiger partial charge in [-0.05, 0) is 40.5 Å². The van der Waals surface area contributed by atoms with Gasteiger partial charge in [0.25, 0.3) is 0 Å². The van der Waals surface area contributed by atoms with E-state index >= 15 is 0 Å². The van der Waals surface area contributed by atoms with Crippen LogP contribution in [-0.2, 0) is 0 Å². The minimum absolute atomic E-state index is 0.199. The molecule has 0 heteroatoms. The third-order valence-corrected chi connectivity index (χ3v) is 2.13. The Morgan fingerprint density at radius 1 is 1.31 bits per heavy atom. The van der Waals surface area contributed by atoms with E-state index in [4.69, 9.17) is 0 Å². The largest absolute Gasteiger partial charge is 0.102 e. The van der Waals surface area contributed by atoms with Gasteiger partial charge in [0.05, 0.1) is 0 Å². The highest BCUT2D eigenvalue weighted by molar-refractivity contribution is 5.09. The van der Waals surface area contributed by atoms with Crippen molar-refractivity contribution in [1.29, 1.82) is 0 Å². The molecule has 0 aliphatic heterocycles. The van der Waals surface area contributed by atoms with Crippen molar-refractivity contribution in [1.82, 2.24) is 0 Å². The van der Waals surface area contributed by atoms with Crippen molar-refractivity contribution in [2.75, 3.05) is 0 Å². The van der Waals surface area contributed by atoms with Crippen molar-refractivity contribution >= 4 is 0 Å². The molecule has 0 atom stereocenters. The molecule has 0 radical (unpaired) electrons. The average Bonchev–Trinajstić information content (AvgIpc) is 2.03. The van der Waals surface area contributed by atoms with E-state index in [1.807, 2.05) is 0 Å². The molecule has 13 heavy (non-hydrogen) atoms. The van der Waals surface area contributed by atoms with E-state index in [2.05, 4.69) is 52.5 Å². The molecular weight excluding hydrogens is 156 g/mol. The Morgan fingerprint density at radius 3 is 2.38 bits per heavy atom. The Labute approximate surface area is 83.4 Å². The average molecular weight is 178 g/mol. The number of allylic oxidation sites excluding steroid dienone is 2. The SMILES string of the molecule is CCC(C)(C)C#CCCC=C(C)C. The maximum Gasteiger partial charge on any atom is 0.0255 e. The summed E-state index contributed by atoms with van der Waals surface area (Å²) in [6.45, 7) is 10.8. The van der Waals surface area contributed by atoms with E-state index in [1.165, 1.54) is 5.57 Å². The third kappa shape index (κ3) is 7.65. The van der Waals surface area contributed by atoms with Crippen molar-refractivity contribution in [3.8, 4) is 11.8 Å². The van der Waals surface area contributed by atoms with Crippen molar-refractivity contribution in [3.05, 3.63) is 11.6 Å². The minimum Gasteiger partial charge on any atom is -0.102 e. The summed E-state index contributed by atoms with van der Waals surface area (Å²) in [4.78, 5) is 0. The first-order valence-electron chi connectivity index (χ1n) is 5.11. The molecular formula is C13H22. The number of unbranched alkanes of at least 4 members (excludes halogenated alkanes) is 1. The van der Waals surface area contributed by atoms with Gasteiger partial charge in [0.2, 0.25) is 0 Å². The highest BCUT2D eigenvalue weighted by Crippen LogP contribution is 2.17. The summed E-state index contributed by atoms with van der Waals surface area (Å²) in [5.74, 6) is 6.54. The molecule has 0 aromatic carbocycles. The third-order valence-electron chi connectivity index (χ3n) is 2.13. The van der Waals surface area contributed by atoms with Crippen molar-refractivity contribution < 1.29 is 0 Å². The summed E-state index contributed by atoms with van der Waals surface area (Å²) < 4.78 is 0. The van der Waals surface area contributed by atoms with E-state index in [0.717, 1.165) is 19.3 Å². The van der Waals surface area contributed by atoms with E-state index in [9.17, 15) is 0 Å². The van der Waals surface area contributed by atoms with Crippen LogP contribution in [0, 0.1) is 17.3 Å². The maximum atomic E-state index is 3.30. The van der Waals surface area contributed by atoms with Crippen LogP contribution < -0.4 is 0 Å². The van der Waals surface area contributed by atoms with Gasteiger partial charge in [0, 0.05) is 11.8 Å². The number of rotatable bonds is 3. The van der Waals surface area contributed by atoms with E-state index in [0.29, 0.717) is 0 Å². The van der Waals surface area contributed by atoms with Gasteiger partial charge < -0.3 is 0 Å². The van der Waals surface area contributed by atoms with Gasteiger partial charge in [-0.1, -0.05) is 24.5 Å². The molecule has 0 amide bonds. The van der Waals surface area contributed by atoms with Gasteiger partial charge in [-0.25, -0.2) is 0 Å². The summed E-state index contributed by atoms with van der Waals surface area (Å²) in [6.07, 6.45) is 5.46. The summed E-state index contributed by atoms with van der Waals surface area (Å²) >= 11 is 0. The van der Waals surface area contributed by atoms with Crippen molar-refractivity contribution in [2.24, 2.45) is 5.41 Å². The number of hydrogen-bond acceptors (Lipinski definition) is 0. The van der Waals surface area contributed by atoms with Gasteiger partial charge in [-0.3, -0.25) is 0 Å². The Hall–Kier alpha value is -0.700. The molecule has 0 fully saturated rings. The second-order valence-electron chi connectivity index (χ2n) is 4.36. The standard InChI is InChI=1S/C13H22/c1-6-13(4,5)11-9-7-8-10-12(2)3/h10H,6-8H2,1-5H3. The van der Waals surface area contributed by atoms with Crippen molar-refractivity contribution in [2.45, 2.75) is 53.9 Å². The maximum absolute atomic E-state index is 3.30. The Balaban J connectivity index is 3.81. The van der Waals surface area contributed by atoms with Gasteiger partial charge in [0.15, 0.2) is 0 Å². The molecule has 0 spiro atoms. The molecule has 0 aliphatic rings. The zero-order valence-corrected chi connectivity index (χ0v) is 9.70. The predicted octanol–water partition coefficient (Wildman–Crippen LogP) is 4.17. The molecule has 0 aromatic heterocycles. The molecule has 0 aliphatic carbocycles. The van der Waals surface area contributed by atoms with Crippen molar-refractivity contribution in [3.63, 3.8) is 0 Å². The first kappa shape index (κ1) is 12.3. The Bertz CT molecular complexity index is 216. The molecule has 0 unspecified atom stereocenters. The zero-order valence-electron chi connectivity index (χ0n) is 9.70. The van der Waals surface area contributed by atoms with Gasteiger partial charge in [-0.15, -0.1) is 5.92 Å². The first-order valence-corrected chi connectivity index (χ1v) is 5.11. The van der Waals surface area contributed by atoms with Crippen LogP contribution in [0.4, 0.5) is 0 Å². The highest BCUT2D eigenvalue weighted by Gasteiger charge is 2.08. The van der Waals surface area contributed by atoms with Crippen LogP contribution in [0.3, 0.4) is 0 Å². The van der Waals surface area contributed by atoms with Gasteiger partial charge in [0.1, 0.15) is 0 Å². The quantitative estimate of drug-likeness (QED) is 0.345. The zero-order chi connectivity index (χ0) is 10.3. The van der Waals surface area contributed by atoms with Crippen LogP contribution >= 0.6 is 0 Å². The summed E-state index contributed by atoms with van der Waals surface area (Å²) in [7, 11) is 0. The summed E-state index contributed by atoms with van der Waals surface area (Å²) in [6, 6.07) is 0. The molecule has 0 aromatic rings. The number of hydrogen-bond donors (Lipinski definition) is 0. The van der Waals surface area contributed by atoms with Crippen LogP contribution in [0.2, 0.25) is 0 Å². The monoisotopic (exact) mass is 178 g/mol. The van der Waals surface area contributed by atoms with Crippen LogP contribution in [0.1, 0.15) is 53.9 Å². The lowest BCUT2D eigenvalue weighted by Crippen LogP contribution is -2.04. The minimum atomic E-state index is 0.199. The van der Waals surface area contributed by atoms with E-state index in [-0.39, 0.29) is 5.41 Å². The van der Waals surface area contributed by atoms with Gasteiger partial charge >= 0.3 is 0 Å². The fourth-order valence-electron chi connectivity index (χ4n) is 0.823. The fraction of sp³-hybridized carbons (Fsp3) is 0.692. The molecule has 0 heterocycles. The smallest absolute Gasteiger partial charge is 0.0255 e. The Morgan fingerprint density at radius 2 is 1.92 bits per heavy atom. The van der Waals surface area contributed by atoms with E-state index < -0.39 is 0 Å². The molecule has 0 saturated heterocycles. The van der Waals surface area contributed by atoms with Crippen LogP contribution in [0.25, 0.3) is 0 Å². The van der Waals surface area contributed by atoms with Crippen LogP contribution in [-0.4, -0.2) is 0 Å². The van der Waals surface area contributed by atoms with Crippen LogP contribution in [0.5, 0.6) is 0 Å². The molecule has 0 N–H and O–H groups in total. The topological polar surface area (TPSA) is 0 Å². The molecule has 74 valence electrons. The fourth-order valence-corrected chi connectivity index (χ4v) is 0.823. The molecule has 0 rings (SSSR count). The second-order valence-corrected chi connectivity index (χ2v) is 4.36. The summed E-state index contributed by atoms with van der Waals surface area (Å²) in [5, 5.41) is 0. The summed E-state index contributed by atoms with van der Waals surface area (Å²) in [5.41, 5.74) is 1.59. The van der Waals surface area contributed by atoms with Crippen LogP contribution in [0.15, 0.2) is 11.6 Å².